The van der Waals surface area contributed by atoms with Crippen molar-refractivity contribution in [2.75, 3.05) is 19.8 Å². The van der Waals surface area contributed by atoms with Gasteiger partial charge in [0.2, 0.25) is 0 Å². The standard InChI is InChI=1S/C19H29N3O2.HI/c20-19(21-12-15-3-1-4-15)22-13-16-5-2-6-17(11-16)14-24-18-7-9-23-10-8-18;/h2,5-6,11,15,18H,1,3-4,7-10,12-14H2,(H3,20,21,22);1H. The molecular formula is C19H30IN3O2. The molecule has 140 valence electrons. The molecule has 25 heavy (non-hydrogen) atoms. The molecule has 1 saturated heterocycles. The summed E-state index contributed by atoms with van der Waals surface area (Å²) in [6.45, 7) is 3.83. The molecule has 0 amide bonds. The molecule has 1 aromatic rings. The van der Waals surface area contributed by atoms with Gasteiger partial charge in [-0.25, -0.2) is 4.99 Å². The Morgan fingerprint density at radius 2 is 1.96 bits per heavy atom. The number of nitrogens with zero attached hydrogens (tertiary/aromatic N) is 1. The Balaban J connectivity index is 0.00000225. The lowest BCUT2D eigenvalue weighted by atomic mass is 9.85. The number of halogens is 1. The summed E-state index contributed by atoms with van der Waals surface area (Å²) in [5.41, 5.74) is 8.30. The second-order valence-corrected chi connectivity index (χ2v) is 6.82. The summed E-state index contributed by atoms with van der Waals surface area (Å²) in [7, 11) is 0. The molecule has 0 unspecified atom stereocenters. The van der Waals surface area contributed by atoms with E-state index in [4.69, 9.17) is 15.2 Å². The van der Waals surface area contributed by atoms with Crippen molar-refractivity contribution in [2.45, 2.75) is 51.4 Å². The summed E-state index contributed by atoms with van der Waals surface area (Å²) >= 11 is 0. The maximum absolute atomic E-state index is 5.98. The van der Waals surface area contributed by atoms with Crippen molar-refractivity contribution < 1.29 is 9.47 Å². The van der Waals surface area contributed by atoms with Crippen molar-refractivity contribution in [3.63, 3.8) is 0 Å². The van der Waals surface area contributed by atoms with E-state index in [0.29, 0.717) is 25.2 Å². The third-order valence-electron chi connectivity index (χ3n) is 4.87. The minimum atomic E-state index is 0. The van der Waals surface area contributed by atoms with Crippen molar-refractivity contribution in [1.29, 1.82) is 0 Å². The van der Waals surface area contributed by atoms with Gasteiger partial charge in [0.05, 0.1) is 19.3 Å². The lowest BCUT2D eigenvalue weighted by Gasteiger charge is -2.25. The molecule has 1 saturated carbocycles. The highest BCUT2D eigenvalue weighted by Crippen LogP contribution is 2.25. The third kappa shape index (κ3) is 7.11. The van der Waals surface area contributed by atoms with E-state index in [1.165, 1.54) is 24.8 Å². The number of aliphatic imine (C=N–C) groups is 1. The lowest BCUT2D eigenvalue weighted by Crippen LogP contribution is -2.37. The number of rotatable bonds is 7. The Labute approximate surface area is 167 Å². The average Bonchev–Trinajstić information content (AvgIpc) is 2.58. The van der Waals surface area contributed by atoms with Crippen LogP contribution < -0.4 is 11.1 Å². The minimum Gasteiger partial charge on any atom is -0.381 e. The van der Waals surface area contributed by atoms with Gasteiger partial charge < -0.3 is 20.5 Å². The number of ether oxygens (including phenoxy) is 2. The maximum atomic E-state index is 5.98. The van der Waals surface area contributed by atoms with E-state index in [0.717, 1.165) is 44.1 Å². The zero-order valence-corrected chi connectivity index (χ0v) is 17.1. The first-order valence-corrected chi connectivity index (χ1v) is 9.10. The fourth-order valence-electron chi connectivity index (χ4n) is 3.05. The van der Waals surface area contributed by atoms with Gasteiger partial charge in [-0.3, -0.25) is 0 Å². The molecule has 1 aromatic carbocycles. The molecule has 1 aliphatic heterocycles. The van der Waals surface area contributed by atoms with Crippen LogP contribution in [0.3, 0.4) is 0 Å². The maximum Gasteiger partial charge on any atom is 0.188 e. The SMILES string of the molecule is I.NC(=NCc1cccc(COC2CCOCC2)c1)NCC1CCC1. The fraction of sp³-hybridized carbons (Fsp3) is 0.632. The zero-order chi connectivity index (χ0) is 16.6. The summed E-state index contributed by atoms with van der Waals surface area (Å²) in [4.78, 5) is 4.44. The first kappa shape index (κ1) is 20.5. The van der Waals surface area contributed by atoms with Crippen LogP contribution in [0.1, 0.15) is 43.2 Å². The van der Waals surface area contributed by atoms with Crippen molar-refractivity contribution in [3.8, 4) is 0 Å². The van der Waals surface area contributed by atoms with Gasteiger partial charge in [-0.15, -0.1) is 24.0 Å². The van der Waals surface area contributed by atoms with Gasteiger partial charge in [0.15, 0.2) is 5.96 Å². The molecule has 2 fully saturated rings. The van der Waals surface area contributed by atoms with Crippen LogP contribution in [0.4, 0.5) is 0 Å². The molecule has 1 aliphatic carbocycles. The summed E-state index contributed by atoms with van der Waals surface area (Å²) < 4.78 is 11.3. The first-order chi connectivity index (χ1) is 11.8. The van der Waals surface area contributed by atoms with Crippen LogP contribution in [0.2, 0.25) is 0 Å². The number of hydrogen-bond acceptors (Lipinski definition) is 3. The van der Waals surface area contributed by atoms with Gasteiger partial charge in [0.1, 0.15) is 0 Å². The molecular weight excluding hydrogens is 429 g/mol. The quantitative estimate of drug-likeness (QED) is 0.374. The molecule has 0 spiro atoms. The highest BCUT2D eigenvalue weighted by molar-refractivity contribution is 14.0. The molecule has 3 N–H and O–H groups in total. The van der Waals surface area contributed by atoms with Crippen LogP contribution >= 0.6 is 24.0 Å². The van der Waals surface area contributed by atoms with Crippen molar-refractivity contribution in [1.82, 2.24) is 5.32 Å². The summed E-state index contributed by atoms with van der Waals surface area (Å²) in [5, 5.41) is 3.23. The molecule has 0 bridgehead atoms. The van der Waals surface area contributed by atoms with Crippen molar-refractivity contribution >= 4 is 29.9 Å². The summed E-state index contributed by atoms with van der Waals surface area (Å²) in [6, 6.07) is 8.40. The minimum absolute atomic E-state index is 0. The molecule has 0 radical (unpaired) electrons. The van der Waals surface area contributed by atoms with E-state index in [-0.39, 0.29) is 24.0 Å². The van der Waals surface area contributed by atoms with E-state index in [2.05, 4.69) is 34.6 Å². The largest absolute Gasteiger partial charge is 0.381 e. The topological polar surface area (TPSA) is 68.9 Å². The zero-order valence-electron chi connectivity index (χ0n) is 14.8. The lowest BCUT2D eigenvalue weighted by molar-refractivity contribution is -0.0390. The monoisotopic (exact) mass is 459 g/mol. The molecule has 0 aromatic heterocycles. The molecule has 1 heterocycles. The van der Waals surface area contributed by atoms with Crippen LogP contribution in [0, 0.1) is 5.92 Å². The average molecular weight is 459 g/mol. The predicted molar refractivity (Wildman–Crippen MR) is 111 cm³/mol. The van der Waals surface area contributed by atoms with Gasteiger partial charge in [0, 0.05) is 19.8 Å². The van der Waals surface area contributed by atoms with E-state index < -0.39 is 0 Å². The van der Waals surface area contributed by atoms with E-state index in [1.807, 2.05) is 0 Å². The van der Waals surface area contributed by atoms with E-state index in [1.54, 1.807) is 0 Å². The van der Waals surface area contributed by atoms with Gasteiger partial charge in [-0.1, -0.05) is 30.7 Å². The normalized spacial score (nSPS) is 19.1. The molecule has 2 aliphatic rings. The predicted octanol–water partition coefficient (Wildman–Crippen LogP) is 3.20. The van der Waals surface area contributed by atoms with Crippen molar-refractivity contribution in [2.24, 2.45) is 16.6 Å². The second-order valence-electron chi connectivity index (χ2n) is 6.82. The van der Waals surface area contributed by atoms with Crippen LogP contribution in [0.15, 0.2) is 29.3 Å². The number of nitrogens with one attached hydrogen (secondary N) is 1. The number of guanidine groups is 1. The molecule has 0 atom stereocenters. The van der Waals surface area contributed by atoms with Crippen LogP contribution in [0.25, 0.3) is 0 Å². The van der Waals surface area contributed by atoms with E-state index >= 15 is 0 Å². The van der Waals surface area contributed by atoms with Crippen molar-refractivity contribution in [3.05, 3.63) is 35.4 Å². The Kier molecular flexibility index (Phi) is 8.98. The third-order valence-corrected chi connectivity index (χ3v) is 4.87. The van der Waals surface area contributed by atoms with Crippen LogP contribution in [0.5, 0.6) is 0 Å². The first-order valence-electron chi connectivity index (χ1n) is 9.10. The smallest absolute Gasteiger partial charge is 0.188 e. The fourth-order valence-corrected chi connectivity index (χ4v) is 3.05. The Morgan fingerprint density at radius 1 is 1.20 bits per heavy atom. The van der Waals surface area contributed by atoms with Gasteiger partial charge >= 0.3 is 0 Å². The summed E-state index contributed by atoms with van der Waals surface area (Å²) in [6.07, 6.45) is 6.30. The number of benzene rings is 1. The van der Waals surface area contributed by atoms with Gasteiger partial charge in [0.25, 0.3) is 0 Å². The van der Waals surface area contributed by atoms with Crippen LogP contribution in [-0.4, -0.2) is 31.8 Å². The highest BCUT2D eigenvalue weighted by atomic mass is 127. The van der Waals surface area contributed by atoms with Gasteiger partial charge in [-0.2, -0.15) is 0 Å². The molecule has 3 rings (SSSR count). The number of hydrogen-bond donors (Lipinski definition) is 2. The summed E-state index contributed by atoms with van der Waals surface area (Å²) in [5.74, 6) is 1.33. The second kappa shape index (κ2) is 11.0. The highest BCUT2D eigenvalue weighted by Gasteiger charge is 2.16. The molecule has 6 heteroatoms. The Bertz CT molecular complexity index is 543. The molecule has 5 nitrogen and oxygen atoms in total. The van der Waals surface area contributed by atoms with E-state index in [9.17, 15) is 0 Å². The Hall–Kier alpha value is -0.860. The number of nitrogens with two attached hydrogens (primary N) is 1. The van der Waals surface area contributed by atoms with Gasteiger partial charge in [-0.05, 0) is 42.7 Å². The Morgan fingerprint density at radius 3 is 2.68 bits per heavy atom. The van der Waals surface area contributed by atoms with Crippen LogP contribution in [-0.2, 0) is 22.6 Å².